The van der Waals surface area contributed by atoms with Gasteiger partial charge in [0.1, 0.15) is 6.61 Å². The third-order valence-electron chi connectivity index (χ3n) is 4.01. The second-order valence-electron chi connectivity index (χ2n) is 6.24. The highest BCUT2D eigenvalue weighted by Crippen LogP contribution is 2.10. The summed E-state index contributed by atoms with van der Waals surface area (Å²) < 4.78 is 5.28. The smallest absolute Gasteiger partial charge is 0.208 e. The highest BCUT2D eigenvalue weighted by Gasteiger charge is 2.00. The Hall–Kier alpha value is -1.57. The van der Waals surface area contributed by atoms with Crippen LogP contribution in [-0.4, -0.2) is 19.0 Å². The summed E-state index contributed by atoms with van der Waals surface area (Å²) >= 11 is 0. The Morgan fingerprint density at radius 2 is 1.42 bits per heavy atom. The van der Waals surface area contributed by atoms with E-state index in [0.717, 1.165) is 12.4 Å². The van der Waals surface area contributed by atoms with Gasteiger partial charge >= 0.3 is 0 Å². The van der Waals surface area contributed by atoms with Gasteiger partial charge in [-0.3, -0.25) is 0 Å². The van der Waals surface area contributed by atoms with Gasteiger partial charge in [0.2, 0.25) is 5.90 Å². The highest BCUT2D eigenvalue weighted by molar-refractivity contribution is 5.88. The number of rotatable bonds is 14. The molecule has 0 aromatic carbocycles. The quantitative estimate of drug-likeness (QED) is 0.261. The summed E-state index contributed by atoms with van der Waals surface area (Å²) in [7, 11) is 0. The van der Waals surface area contributed by atoms with E-state index >= 15 is 0 Å². The first-order valence-corrected chi connectivity index (χ1v) is 9.77. The molecule has 1 aliphatic heterocycles. The number of nitrogens with zero attached hydrogens (tertiary/aromatic N) is 1. The standard InChI is InChI=1S/C22H35NO/c1-2-3-4-5-6-7-8-9-10-11-12-13-14-15-16-17-18-19-22-23-20-21-24-22/h12-19H,2-11,20-21H2,1H3. The third kappa shape index (κ3) is 12.9. The molecule has 0 saturated carbocycles. The first-order chi connectivity index (χ1) is 11.9. The van der Waals surface area contributed by atoms with Crippen molar-refractivity contribution in [1.82, 2.24) is 0 Å². The van der Waals surface area contributed by atoms with Crippen molar-refractivity contribution in [2.75, 3.05) is 13.2 Å². The van der Waals surface area contributed by atoms with Crippen LogP contribution in [0.5, 0.6) is 0 Å². The second-order valence-corrected chi connectivity index (χ2v) is 6.24. The molecule has 0 atom stereocenters. The van der Waals surface area contributed by atoms with E-state index in [1.807, 2.05) is 24.3 Å². The molecule has 1 heterocycles. The Labute approximate surface area is 149 Å². The predicted octanol–water partition coefficient (Wildman–Crippen LogP) is 6.56. The molecular weight excluding hydrogens is 294 g/mol. The summed E-state index contributed by atoms with van der Waals surface area (Å²) in [6.45, 7) is 3.78. The van der Waals surface area contributed by atoms with Crippen molar-refractivity contribution in [2.45, 2.75) is 71.1 Å². The van der Waals surface area contributed by atoms with Crippen molar-refractivity contribution in [3.05, 3.63) is 48.6 Å². The second kappa shape index (κ2) is 16.3. The van der Waals surface area contributed by atoms with Gasteiger partial charge in [0.25, 0.3) is 0 Å². The van der Waals surface area contributed by atoms with Crippen molar-refractivity contribution in [1.29, 1.82) is 0 Å². The molecule has 0 unspecified atom stereocenters. The summed E-state index contributed by atoms with van der Waals surface area (Å²) in [4.78, 5) is 4.19. The summed E-state index contributed by atoms with van der Waals surface area (Å²) in [5.41, 5.74) is 0. The van der Waals surface area contributed by atoms with Crippen LogP contribution in [0.2, 0.25) is 0 Å². The van der Waals surface area contributed by atoms with Gasteiger partial charge in [-0.1, -0.05) is 101 Å². The average Bonchev–Trinajstić information content (AvgIpc) is 3.11. The Morgan fingerprint density at radius 1 is 0.792 bits per heavy atom. The zero-order valence-corrected chi connectivity index (χ0v) is 15.5. The molecule has 2 heteroatoms. The van der Waals surface area contributed by atoms with Crippen molar-refractivity contribution in [2.24, 2.45) is 4.99 Å². The lowest BCUT2D eigenvalue weighted by molar-refractivity contribution is 0.350. The van der Waals surface area contributed by atoms with Crippen LogP contribution < -0.4 is 0 Å². The van der Waals surface area contributed by atoms with Gasteiger partial charge in [0.15, 0.2) is 0 Å². The molecule has 0 N–H and O–H groups in total. The van der Waals surface area contributed by atoms with E-state index in [-0.39, 0.29) is 0 Å². The molecular formula is C22H35NO. The summed E-state index contributed by atoms with van der Waals surface area (Å²) in [6, 6.07) is 0. The molecule has 0 aromatic heterocycles. The van der Waals surface area contributed by atoms with E-state index in [1.54, 1.807) is 0 Å². The molecule has 2 nitrogen and oxygen atoms in total. The van der Waals surface area contributed by atoms with Crippen LogP contribution in [0.4, 0.5) is 0 Å². The highest BCUT2D eigenvalue weighted by atomic mass is 16.5. The fourth-order valence-electron chi connectivity index (χ4n) is 2.59. The number of ether oxygens (including phenoxy) is 1. The van der Waals surface area contributed by atoms with Crippen LogP contribution in [-0.2, 0) is 4.74 Å². The minimum absolute atomic E-state index is 0.715. The van der Waals surface area contributed by atoms with E-state index in [2.05, 4.69) is 36.2 Å². The zero-order valence-electron chi connectivity index (χ0n) is 15.5. The van der Waals surface area contributed by atoms with E-state index < -0.39 is 0 Å². The Morgan fingerprint density at radius 3 is 2.08 bits per heavy atom. The molecule has 0 aromatic rings. The van der Waals surface area contributed by atoms with E-state index in [4.69, 9.17) is 4.74 Å². The van der Waals surface area contributed by atoms with Gasteiger partial charge < -0.3 is 4.74 Å². The van der Waals surface area contributed by atoms with Crippen LogP contribution in [0.1, 0.15) is 71.1 Å². The fourth-order valence-corrected chi connectivity index (χ4v) is 2.59. The number of unbranched alkanes of at least 4 members (excludes halogenated alkanes) is 9. The minimum atomic E-state index is 0.715. The molecule has 0 radical (unpaired) electrons. The summed E-state index contributed by atoms with van der Waals surface area (Å²) in [5.74, 6) is 0.740. The van der Waals surface area contributed by atoms with Gasteiger partial charge in [-0.05, 0) is 18.9 Å². The van der Waals surface area contributed by atoms with Gasteiger partial charge in [0, 0.05) is 0 Å². The maximum Gasteiger partial charge on any atom is 0.208 e. The lowest BCUT2D eigenvalue weighted by atomic mass is 10.1. The minimum Gasteiger partial charge on any atom is -0.476 e. The number of hydrogen-bond acceptors (Lipinski definition) is 2. The third-order valence-corrected chi connectivity index (χ3v) is 4.01. The first kappa shape index (κ1) is 20.5. The van der Waals surface area contributed by atoms with Crippen LogP contribution in [0.25, 0.3) is 0 Å². The van der Waals surface area contributed by atoms with Crippen LogP contribution in [0.15, 0.2) is 53.6 Å². The van der Waals surface area contributed by atoms with Crippen molar-refractivity contribution in [3.63, 3.8) is 0 Å². The largest absolute Gasteiger partial charge is 0.476 e. The molecule has 0 spiro atoms. The van der Waals surface area contributed by atoms with E-state index in [1.165, 1.54) is 64.2 Å². The van der Waals surface area contributed by atoms with Gasteiger partial charge in [-0.15, -0.1) is 0 Å². The molecule has 1 rings (SSSR count). The first-order valence-electron chi connectivity index (χ1n) is 9.77. The van der Waals surface area contributed by atoms with E-state index in [0.29, 0.717) is 6.61 Å². The van der Waals surface area contributed by atoms with Crippen LogP contribution in [0, 0.1) is 0 Å². The summed E-state index contributed by atoms with van der Waals surface area (Å²) in [6.07, 6.45) is 30.2. The lowest BCUT2D eigenvalue weighted by Crippen LogP contribution is -1.92. The molecule has 134 valence electrons. The molecule has 0 fully saturated rings. The maximum absolute atomic E-state index is 5.28. The van der Waals surface area contributed by atoms with Crippen molar-refractivity contribution < 1.29 is 4.74 Å². The zero-order chi connectivity index (χ0) is 17.1. The molecule has 0 amide bonds. The SMILES string of the molecule is CCCCCCCCCCCC=CC=CC=CC=CC1=NCCO1. The molecule has 0 bridgehead atoms. The Balaban J connectivity index is 1.88. The van der Waals surface area contributed by atoms with Gasteiger partial charge in [0.05, 0.1) is 6.54 Å². The molecule has 0 aliphatic carbocycles. The monoisotopic (exact) mass is 329 g/mol. The topological polar surface area (TPSA) is 21.6 Å². The Kier molecular flexibility index (Phi) is 13.9. The van der Waals surface area contributed by atoms with E-state index in [9.17, 15) is 0 Å². The summed E-state index contributed by atoms with van der Waals surface area (Å²) in [5, 5.41) is 0. The molecule has 24 heavy (non-hydrogen) atoms. The normalized spacial score (nSPS) is 15.3. The van der Waals surface area contributed by atoms with Crippen molar-refractivity contribution >= 4 is 5.90 Å². The van der Waals surface area contributed by atoms with Crippen LogP contribution >= 0.6 is 0 Å². The van der Waals surface area contributed by atoms with Crippen molar-refractivity contribution in [3.8, 4) is 0 Å². The fraction of sp³-hybridized carbons (Fsp3) is 0.591. The van der Waals surface area contributed by atoms with Crippen LogP contribution in [0.3, 0.4) is 0 Å². The van der Waals surface area contributed by atoms with Gasteiger partial charge in [-0.25, -0.2) is 4.99 Å². The van der Waals surface area contributed by atoms with Gasteiger partial charge in [-0.2, -0.15) is 0 Å². The number of hydrogen-bond donors (Lipinski definition) is 0. The molecule has 1 aliphatic rings. The maximum atomic E-state index is 5.28. The molecule has 0 saturated heterocycles. The lowest BCUT2D eigenvalue weighted by Gasteiger charge is -2.00. The number of aliphatic imine (C=N–C) groups is 1. The predicted molar refractivity (Wildman–Crippen MR) is 107 cm³/mol. The Bertz CT molecular complexity index is 429. The number of allylic oxidation sites excluding steroid dienone is 7. The average molecular weight is 330 g/mol.